The molecule has 2 N–H and O–H groups in total. The number of carbonyl (C=O) groups is 1. The highest BCUT2D eigenvalue weighted by atomic mass is 19.1. The molecule has 0 radical (unpaired) electrons. The maximum atomic E-state index is 15.5. The fourth-order valence-electron chi connectivity index (χ4n) is 4.30. The average Bonchev–Trinajstić information content (AvgIpc) is 3.35. The Morgan fingerprint density at radius 1 is 1.05 bits per heavy atom. The van der Waals surface area contributed by atoms with Crippen molar-refractivity contribution < 1.29 is 13.9 Å². The second-order valence-corrected chi connectivity index (χ2v) is 8.81. The van der Waals surface area contributed by atoms with Crippen molar-refractivity contribution in [3.63, 3.8) is 0 Å². The molecule has 3 aromatic heterocycles. The summed E-state index contributed by atoms with van der Waals surface area (Å²) in [6.45, 7) is 0.353. The molecule has 2 aromatic carbocycles. The number of nitrogens with zero attached hydrogens (tertiary/aromatic N) is 3. The van der Waals surface area contributed by atoms with Gasteiger partial charge >= 0.3 is 0 Å². The van der Waals surface area contributed by atoms with Crippen LogP contribution in [-0.2, 0) is 6.54 Å². The van der Waals surface area contributed by atoms with E-state index < -0.39 is 5.82 Å². The van der Waals surface area contributed by atoms with Gasteiger partial charge in [-0.3, -0.25) is 9.78 Å². The summed E-state index contributed by atoms with van der Waals surface area (Å²) >= 11 is 0. The molecule has 0 spiro atoms. The van der Waals surface area contributed by atoms with Crippen molar-refractivity contribution in [3.05, 3.63) is 96.3 Å². The summed E-state index contributed by atoms with van der Waals surface area (Å²) in [5.74, 6) is -0.0809. The van der Waals surface area contributed by atoms with Gasteiger partial charge in [-0.2, -0.15) is 0 Å². The highest BCUT2D eigenvalue weighted by molar-refractivity contribution is 6.02. The summed E-state index contributed by atoms with van der Waals surface area (Å²) in [5.41, 5.74) is 5.10. The van der Waals surface area contributed by atoms with Crippen LogP contribution in [0.1, 0.15) is 15.9 Å². The van der Waals surface area contributed by atoms with E-state index in [2.05, 4.69) is 20.3 Å². The second-order valence-electron chi connectivity index (χ2n) is 8.81. The minimum absolute atomic E-state index is 0.157. The van der Waals surface area contributed by atoms with E-state index in [1.165, 1.54) is 11.0 Å². The first kappa shape index (κ1) is 24.0. The number of hydrogen-bond donors (Lipinski definition) is 2. The van der Waals surface area contributed by atoms with E-state index in [9.17, 15) is 4.79 Å². The number of pyridine rings is 2. The van der Waals surface area contributed by atoms with Crippen LogP contribution in [0.2, 0.25) is 0 Å². The molecule has 5 rings (SSSR count). The Balaban J connectivity index is 1.59. The van der Waals surface area contributed by atoms with Gasteiger partial charge in [0, 0.05) is 67.5 Å². The standard InChI is InChI=1S/C29H26FN5O2/c1-35(2)29(36)23-12-19(14-25(30)27(23)32-15-18-8-10-31-11-9-18)20-13-22-24(17-34-28(22)33-16-20)21-6-4-5-7-26(21)37-3/h4-14,16-17,32H,15H2,1-3H3,(H,33,34). The minimum Gasteiger partial charge on any atom is -0.496 e. The molecule has 3 heterocycles. The van der Waals surface area contributed by atoms with E-state index in [4.69, 9.17) is 4.74 Å². The lowest BCUT2D eigenvalue weighted by Gasteiger charge is -2.18. The molecule has 0 saturated heterocycles. The van der Waals surface area contributed by atoms with Crippen molar-refractivity contribution in [1.82, 2.24) is 19.9 Å². The number of benzene rings is 2. The number of anilines is 1. The first-order valence-corrected chi connectivity index (χ1v) is 11.7. The van der Waals surface area contributed by atoms with Crippen LogP contribution < -0.4 is 10.1 Å². The van der Waals surface area contributed by atoms with Crippen molar-refractivity contribution in [1.29, 1.82) is 0 Å². The van der Waals surface area contributed by atoms with Crippen LogP contribution in [0.4, 0.5) is 10.1 Å². The summed E-state index contributed by atoms with van der Waals surface area (Å²) in [6.07, 6.45) is 6.90. The van der Waals surface area contributed by atoms with Crippen LogP contribution in [-0.4, -0.2) is 47.0 Å². The molecule has 7 nitrogen and oxygen atoms in total. The van der Waals surface area contributed by atoms with Gasteiger partial charge in [0.2, 0.25) is 0 Å². The van der Waals surface area contributed by atoms with Gasteiger partial charge in [0.15, 0.2) is 0 Å². The van der Waals surface area contributed by atoms with Crippen LogP contribution >= 0.6 is 0 Å². The Kier molecular flexibility index (Phi) is 6.55. The number of hydrogen-bond acceptors (Lipinski definition) is 5. The first-order chi connectivity index (χ1) is 18.0. The SMILES string of the molecule is COc1ccccc1-c1c[nH]c2ncc(-c3cc(F)c(NCc4ccncc4)c(C(=O)N(C)C)c3)cc12. The molecular formula is C29H26FN5O2. The molecular weight excluding hydrogens is 469 g/mol. The summed E-state index contributed by atoms with van der Waals surface area (Å²) in [4.78, 5) is 26.3. The fraction of sp³-hybridized carbons (Fsp3) is 0.138. The number of para-hydroxylation sites is 1. The molecule has 186 valence electrons. The maximum Gasteiger partial charge on any atom is 0.255 e. The quantitative estimate of drug-likeness (QED) is 0.300. The Bertz CT molecular complexity index is 1580. The molecule has 37 heavy (non-hydrogen) atoms. The molecule has 0 saturated carbocycles. The van der Waals surface area contributed by atoms with Crippen LogP contribution in [0.3, 0.4) is 0 Å². The Labute approximate surface area is 214 Å². The van der Waals surface area contributed by atoms with Gasteiger partial charge in [0.25, 0.3) is 5.91 Å². The highest BCUT2D eigenvalue weighted by Crippen LogP contribution is 2.37. The van der Waals surface area contributed by atoms with E-state index in [0.29, 0.717) is 23.3 Å². The summed E-state index contributed by atoms with van der Waals surface area (Å²) in [5, 5.41) is 3.96. The van der Waals surface area contributed by atoms with Crippen LogP contribution in [0, 0.1) is 5.82 Å². The molecule has 0 unspecified atom stereocenters. The number of nitrogens with one attached hydrogen (secondary N) is 2. The van der Waals surface area contributed by atoms with Gasteiger partial charge in [-0.25, -0.2) is 9.37 Å². The number of amides is 1. The molecule has 0 fully saturated rings. The number of fused-ring (bicyclic) bond motifs is 1. The lowest BCUT2D eigenvalue weighted by atomic mass is 9.99. The van der Waals surface area contributed by atoms with E-state index >= 15 is 4.39 Å². The van der Waals surface area contributed by atoms with Crippen LogP contribution in [0.15, 0.2) is 79.4 Å². The summed E-state index contributed by atoms with van der Waals surface area (Å²) in [7, 11) is 4.92. The summed E-state index contributed by atoms with van der Waals surface area (Å²) < 4.78 is 21.1. The third-order valence-corrected chi connectivity index (χ3v) is 6.21. The minimum atomic E-state index is -0.518. The van der Waals surface area contributed by atoms with E-state index in [1.807, 2.05) is 48.7 Å². The van der Waals surface area contributed by atoms with Gasteiger partial charge in [-0.05, 0) is 47.5 Å². The zero-order chi connectivity index (χ0) is 25.9. The average molecular weight is 496 g/mol. The zero-order valence-electron chi connectivity index (χ0n) is 20.7. The van der Waals surface area contributed by atoms with E-state index in [0.717, 1.165) is 27.8 Å². The predicted octanol–water partition coefficient (Wildman–Crippen LogP) is 5.75. The smallest absolute Gasteiger partial charge is 0.255 e. The normalized spacial score (nSPS) is 10.9. The largest absolute Gasteiger partial charge is 0.496 e. The van der Waals surface area contributed by atoms with Crippen molar-refractivity contribution in [2.24, 2.45) is 0 Å². The molecule has 0 aliphatic heterocycles. The third-order valence-electron chi connectivity index (χ3n) is 6.21. The summed E-state index contributed by atoms with van der Waals surface area (Å²) in [6, 6.07) is 16.5. The zero-order valence-corrected chi connectivity index (χ0v) is 20.7. The molecule has 8 heteroatoms. The highest BCUT2D eigenvalue weighted by Gasteiger charge is 2.20. The Morgan fingerprint density at radius 2 is 1.84 bits per heavy atom. The lowest BCUT2D eigenvalue weighted by Crippen LogP contribution is -2.23. The predicted molar refractivity (Wildman–Crippen MR) is 143 cm³/mol. The third kappa shape index (κ3) is 4.73. The molecule has 0 aliphatic carbocycles. The topological polar surface area (TPSA) is 83.1 Å². The number of aromatic nitrogens is 3. The number of aromatic amines is 1. The molecule has 5 aromatic rings. The van der Waals surface area contributed by atoms with Crippen molar-refractivity contribution in [2.45, 2.75) is 6.54 Å². The van der Waals surface area contributed by atoms with Gasteiger partial charge < -0.3 is 19.9 Å². The van der Waals surface area contributed by atoms with Crippen molar-refractivity contribution in [2.75, 3.05) is 26.5 Å². The number of ether oxygens (including phenoxy) is 1. The van der Waals surface area contributed by atoms with Crippen LogP contribution in [0.5, 0.6) is 5.75 Å². The van der Waals surface area contributed by atoms with Gasteiger partial charge in [0.05, 0.1) is 18.4 Å². The first-order valence-electron chi connectivity index (χ1n) is 11.7. The lowest BCUT2D eigenvalue weighted by molar-refractivity contribution is 0.0828. The number of methoxy groups -OCH3 is 1. The van der Waals surface area contributed by atoms with Crippen molar-refractivity contribution in [3.8, 4) is 28.0 Å². The monoisotopic (exact) mass is 495 g/mol. The molecule has 0 atom stereocenters. The van der Waals surface area contributed by atoms with E-state index in [-0.39, 0.29) is 17.2 Å². The number of carbonyl (C=O) groups excluding carboxylic acids is 1. The molecule has 0 bridgehead atoms. The van der Waals surface area contributed by atoms with Crippen LogP contribution in [0.25, 0.3) is 33.3 Å². The molecule has 0 aliphatic rings. The Hall–Kier alpha value is -4.72. The van der Waals surface area contributed by atoms with Gasteiger partial charge in [0.1, 0.15) is 17.2 Å². The van der Waals surface area contributed by atoms with E-state index in [1.54, 1.807) is 45.9 Å². The molecule has 1 amide bonds. The second kappa shape index (κ2) is 10.1. The number of rotatable bonds is 7. The van der Waals surface area contributed by atoms with Gasteiger partial charge in [-0.15, -0.1) is 0 Å². The number of halogens is 1. The Morgan fingerprint density at radius 3 is 2.59 bits per heavy atom. The maximum absolute atomic E-state index is 15.5. The number of H-pyrrole nitrogens is 1. The van der Waals surface area contributed by atoms with Crippen molar-refractivity contribution >= 4 is 22.6 Å². The fourth-order valence-corrected chi connectivity index (χ4v) is 4.30. The van der Waals surface area contributed by atoms with Gasteiger partial charge in [-0.1, -0.05) is 18.2 Å².